The summed E-state index contributed by atoms with van der Waals surface area (Å²) in [6.45, 7) is 5.43. The van der Waals surface area contributed by atoms with E-state index in [1.807, 2.05) is 25.2 Å². The fourth-order valence-corrected chi connectivity index (χ4v) is 2.27. The minimum atomic E-state index is 0.630. The van der Waals surface area contributed by atoms with Crippen molar-refractivity contribution < 1.29 is 0 Å². The van der Waals surface area contributed by atoms with E-state index in [1.165, 1.54) is 5.56 Å². The van der Waals surface area contributed by atoms with Crippen LogP contribution in [0.15, 0.2) is 24.3 Å². The second-order valence-corrected chi connectivity index (χ2v) is 5.01. The van der Waals surface area contributed by atoms with Crippen molar-refractivity contribution in [3.8, 4) is 0 Å². The van der Waals surface area contributed by atoms with Crippen molar-refractivity contribution in [1.82, 2.24) is 15.5 Å². The Balaban J connectivity index is 1.64. The van der Waals surface area contributed by atoms with E-state index in [2.05, 4.69) is 21.6 Å². The molecule has 0 aliphatic carbocycles. The van der Waals surface area contributed by atoms with Gasteiger partial charge in [-0.1, -0.05) is 23.7 Å². The van der Waals surface area contributed by atoms with E-state index >= 15 is 0 Å². The van der Waals surface area contributed by atoms with Crippen LogP contribution >= 0.6 is 11.6 Å². The Bertz CT molecular complexity index is 350. The van der Waals surface area contributed by atoms with Crippen LogP contribution in [-0.4, -0.2) is 44.2 Å². The van der Waals surface area contributed by atoms with Gasteiger partial charge in [0.05, 0.1) is 0 Å². The van der Waals surface area contributed by atoms with Crippen LogP contribution in [0.25, 0.3) is 0 Å². The van der Waals surface area contributed by atoms with Gasteiger partial charge in [0, 0.05) is 43.8 Å². The van der Waals surface area contributed by atoms with E-state index < -0.39 is 0 Å². The van der Waals surface area contributed by atoms with Gasteiger partial charge in [0.15, 0.2) is 0 Å². The monoisotopic (exact) mass is 253 g/mol. The zero-order chi connectivity index (χ0) is 12.1. The number of benzene rings is 1. The van der Waals surface area contributed by atoms with E-state index in [0.29, 0.717) is 6.04 Å². The molecular formula is C13H20ClN3. The standard InChI is InChI=1S/C13H20ClN3/c1-15-5-6-17-9-13(10-17)16-8-11-3-2-4-12(14)7-11/h2-4,7,13,15-16H,5-6,8-10H2,1H3. The van der Waals surface area contributed by atoms with Gasteiger partial charge in [0.2, 0.25) is 0 Å². The van der Waals surface area contributed by atoms with E-state index in [9.17, 15) is 0 Å². The van der Waals surface area contributed by atoms with Crippen LogP contribution in [0.5, 0.6) is 0 Å². The summed E-state index contributed by atoms with van der Waals surface area (Å²) in [5.74, 6) is 0. The first-order chi connectivity index (χ1) is 8.28. The normalized spacial score (nSPS) is 17.1. The third kappa shape index (κ3) is 3.96. The van der Waals surface area contributed by atoms with E-state index in [0.717, 1.165) is 37.7 Å². The molecule has 4 heteroatoms. The molecule has 1 aromatic rings. The van der Waals surface area contributed by atoms with Gasteiger partial charge in [-0.05, 0) is 24.7 Å². The fraction of sp³-hybridized carbons (Fsp3) is 0.538. The molecule has 0 radical (unpaired) electrons. The number of hydrogen-bond donors (Lipinski definition) is 2. The predicted octanol–water partition coefficient (Wildman–Crippen LogP) is 1.33. The molecule has 0 spiro atoms. The van der Waals surface area contributed by atoms with Crippen LogP contribution in [0, 0.1) is 0 Å². The molecule has 0 atom stereocenters. The zero-order valence-corrected chi connectivity index (χ0v) is 11.0. The highest BCUT2D eigenvalue weighted by Crippen LogP contribution is 2.12. The molecule has 1 aliphatic rings. The van der Waals surface area contributed by atoms with Gasteiger partial charge in [-0.25, -0.2) is 0 Å². The molecule has 2 rings (SSSR count). The third-order valence-corrected chi connectivity index (χ3v) is 3.35. The number of likely N-dealkylation sites (tertiary alicyclic amines) is 1. The summed E-state index contributed by atoms with van der Waals surface area (Å²) in [6.07, 6.45) is 0. The smallest absolute Gasteiger partial charge is 0.0409 e. The quantitative estimate of drug-likeness (QED) is 0.801. The molecule has 1 aromatic carbocycles. The van der Waals surface area contributed by atoms with Crippen molar-refractivity contribution in [2.24, 2.45) is 0 Å². The second-order valence-electron chi connectivity index (χ2n) is 4.57. The molecule has 1 saturated heterocycles. The average Bonchev–Trinajstić information content (AvgIpc) is 2.26. The highest BCUT2D eigenvalue weighted by atomic mass is 35.5. The second kappa shape index (κ2) is 6.36. The van der Waals surface area contributed by atoms with Gasteiger partial charge in [0.25, 0.3) is 0 Å². The lowest BCUT2D eigenvalue weighted by atomic mass is 10.1. The molecule has 1 heterocycles. The van der Waals surface area contributed by atoms with Crippen LogP contribution in [0.2, 0.25) is 5.02 Å². The summed E-state index contributed by atoms with van der Waals surface area (Å²) in [7, 11) is 1.99. The summed E-state index contributed by atoms with van der Waals surface area (Å²) >= 11 is 5.95. The summed E-state index contributed by atoms with van der Waals surface area (Å²) in [6, 6.07) is 8.67. The molecule has 1 aliphatic heterocycles. The fourth-order valence-electron chi connectivity index (χ4n) is 2.06. The van der Waals surface area contributed by atoms with Gasteiger partial charge in [-0.2, -0.15) is 0 Å². The van der Waals surface area contributed by atoms with Gasteiger partial charge in [-0.3, -0.25) is 4.90 Å². The van der Waals surface area contributed by atoms with Crippen molar-refractivity contribution in [3.63, 3.8) is 0 Å². The number of halogens is 1. The largest absolute Gasteiger partial charge is 0.318 e. The molecule has 0 bridgehead atoms. The molecule has 17 heavy (non-hydrogen) atoms. The summed E-state index contributed by atoms with van der Waals surface area (Å²) in [4.78, 5) is 2.45. The first-order valence-corrected chi connectivity index (χ1v) is 6.50. The highest BCUT2D eigenvalue weighted by molar-refractivity contribution is 6.30. The maximum Gasteiger partial charge on any atom is 0.0409 e. The third-order valence-electron chi connectivity index (χ3n) is 3.12. The molecule has 0 amide bonds. The molecular weight excluding hydrogens is 234 g/mol. The first kappa shape index (κ1) is 12.8. The van der Waals surface area contributed by atoms with E-state index in [4.69, 9.17) is 11.6 Å². The molecule has 1 fully saturated rings. The lowest BCUT2D eigenvalue weighted by Gasteiger charge is -2.39. The van der Waals surface area contributed by atoms with Crippen molar-refractivity contribution in [2.45, 2.75) is 12.6 Å². The Labute approximate surface area is 108 Å². The van der Waals surface area contributed by atoms with Crippen molar-refractivity contribution in [1.29, 1.82) is 0 Å². The minimum absolute atomic E-state index is 0.630. The first-order valence-electron chi connectivity index (χ1n) is 6.12. The molecule has 0 saturated carbocycles. The van der Waals surface area contributed by atoms with Crippen LogP contribution in [-0.2, 0) is 6.54 Å². The zero-order valence-electron chi connectivity index (χ0n) is 10.2. The molecule has 0 aromatic heterocycles. The number of nitrogens with zero attached hydrogens (tertiary/aromatic N) is 1. The van der Waals surface area contributed by atoms with E-state index in [-0.39, 0.29) is 0 Å². The van der Waals surface area contributed by atoms with Crippen molar-refractivity contribution >= 4 is 11.6 Å². The maximum absolute atomic E-state index is 5.95. The lowest BCUT2D eigenvalue weighted by molar-refractivity contribution is 0.127. The van der Waals surface area contributed by atoms with Gasteiger partial charge < -0.3 is 10.6 Å². The molecule has 0 unspecified atom stereocenters. The van der Waals surface area contributed by atoms with Crippen LogP contribution in [0.4, 0.5) is 0 Å². The van der Waals surface area contributed by atoms with Crippen LogP contribution in [0.3, 0.4) is 0 Å². The topological polar surface area (TPSA) is 27.3 Å². The Morgan fingerprint density at radius 3 is 2.94 bits per heavy atom. The van der Waals surface area contributed by atoms with Crippen molar-refractivity contribution in [3.05, 3.63) is 34.9 Å². The Morgan fingerprint density at radius 2 is 2.24 bits per heavy atom. The SMILES string of the molecule is CNCCN1CC(NCc2cccc(Cl)c2)C1. The Hall–Kier alpha value is -0.610. The number of hydrogen-bond acceptors (Lipinski definition) is 3. The van der Waals surface area contributed by atoms with Gasteiger partial charge in [-0.15, -0.1) is 0 Å². The van der Waals surface area contributed by atoms with E-state index in [1.54, 1.807) is 0 Å². The molecule has 2 N–H and O–H groups in total. The molecule has 3 nitrogen and oxygen atoms in total. The number of likely N-dealkylation sites (N-methyl/N-ethyl adjacent to an activating group) is 1. The summed E-state index contributed by atoms with van der Waals surface area (Å²) < 4.78 is 0. The van der Waals surface area contributed by atoms with Crippen LogP contribution < -0.4 is 10.6 Å². The average molecular weight is 254 g/mol. The lowest BCUT2D eigenvalue weighted by Crippen LogP contribution is -2.58. The highest BCUT2D eigenvalue weighted by Gasteiger charge is 2.24. The summed E-state index contributed by atoms with van der Waals surface area (Å²) in [5, 5.41) is 7.53. The minimum Gasteiger partial charge on any atom is -0.318 e. The van der Waals surface area contributed by atoms with Gasteiger partial charge in [0.1, 0.15) is 0 Å². The maximum atomic E-state index is 5.95. The van der Waals surface area contributed by atoms with Crippen molar-refractivity contribution in [2.75, 3.05) is 33.2 Å². The number of nitrogens with one attached hydrogen (secondary N) is 2. The van der Waals surface area contributed by atoms with Crippen LogP contribution in [0.1, 0.15) is 5.56 Å². The predicted molar refractivity (Wildman–Crippen MR) is 72.4 cm³/mol. The Kier molecular flexibility index (Phi) is 4.80. The summed E-state index contributed by atoms with van der Waals surface area (Å²) in [5.41, 5.74) is 1.26. The number of rotatable bonds is 6. The molecule has 94 valence electrons. The Morgan fingerprint density at radius 1 is 1.41 bits per heavy atom. The van der Waals surface area contributed by atoms with Gasteiger partial charge >= 0.3 is 0 Å².